The summed E-state index contributed by atoms with van der Waals surface area (Å²) in [5.41, 5.74) is 3.12. The maximum absolute atomic E-state index is 10.9. The molecular formula is C16H15ClO3. The van der Waals surface area contributed by atoms with Gasteiger partial charge in [-0.05, 0) is 60.9 Å². The second kappa shape index (κ2) is 5.97. The van der Waals surface area contributed by atoms with Gasteiger partial charge < -0.3 is 9.84 Å². The lowest BCUT2D eigenvalue weighted by Crippen LogP contribution is -2.02. The van der Waals surface area contributed by atoms with Crippen molar-refractivity contribution in [3.05, 3.63) is 63.7 Å². The van der Waals surface area contributed by atoms with Gasteiger partial charge in [-0.3, -0.25) is 0 Å². The number of aryl methyl sites for hydroxylation is 2. The summed E-state index contributed by atoms with van der Waals surface area (Å²) in [5.74, 6) is -0.148. The maximum Gasteiger partial charge on any atom is 0.335 e. The number of carbonyl (C=O) groups is 1. The number of hydrogen-bond donors (Lipinski definition) is 1. The third kappa shape index (κ3) is 3.31. The molecule has 0 atom stereocenters. The summed E-state index contributed by atoms with van der Waals surface area (Å²) in [6, 6.07) is 10.5. The first-order valence-corrected chi connectivity index (χ1v) is 6.57. The molecule has 104 valence electrons. The molecule has 0 aromatic heterocycles. The van der Waals surface area contributed by atoms with Crippen molar-refractivity contribution in [1.29, 1.82) is 0 Å². The van der Waals surface area contributed by atoms with Crippen LogP contribution in [0.1, 0.15) is 27.0 Å². The van der Waals surface area contributed by atoms with Gasteiger partial charge in [-0.1, -0.05) is 17.7 Å². The standard InChI is InChI=1S/C16H15ClO3/c1-10-7-12(16(18)19)3-4-13(10)9-20-15-6-5-14(17)8-11(15)2/h3-8H,9H2,1-2H3,(H,18,19). The zero-order valence-electron chi connectivity index (χ0n) is 11.3. The third-order valence-corrected chi connectivity index (χ3v) is 3.34. The van der Waals surface area contributed by atoms with Crippen LogP contribution in [0.25, 0.3) is 0 Å². The Morgan fingerprint density at radius 3 is 2.50 bits per heavy atom. The molecule has 0 radical (unpaired) electrons. The van der Waals surface area contributed by atoms with E-state index in [4.69, 9.17) is 21.4 Å². The number of halogens is 1. The molecule has 0 fully saturated rings. The van der Waals surface area contributed by atoms with Gasteiger partial charge in [0.15, 0.2) is 0 Å². The number of aromatic carboxylic acids is 1. The topological polar surface area (TPSA) is 46.5 Å². The summed E-state index contributed by atoms with van der Waals surface area (Å²) in [6.07, 6.45) is 0. The van der Waals surface area contributed by atoms with Crippen molar-refractivity contribution in [2.45, 2.75) is 20.5 Å². The summed E-state index contributed by atoms with van der Waals surface area (Å²) in [5, 5.41) is 9.60. The minimum atomic E-state index is -0.922. The quantitative estimate of drug-likeness (QED) is 0.916. The first kappa shape index (κ1) is 14.4. The third-order valence-electron chi connectivity index (χ3n) is 3.11. The average molecular weight is 291 g/mol. The molecule has 0 aliphatic heterocycles. The molecule has 2 rings (SSSR count). The monoisotopic (exact) mass is 290 g/mol. The number of rotatable bonds is 4. The van der Waals surface area contributed by atoms with Gasteiger partial charge >= 0.3 is 5.97 Å². The van der Waals surface area contributed by atoms with Gasteiger partial charge in [0.2, 0.25) is 0 Å². The van der Waals surface area contributed by atoms with E-state index in [-0.39, 0.29) is 5.56 Å². The number of carboxylic acid groups (broad SMARTS) is 1. The predicted octanol–water partition coefficient (Wildman–Crippen LogP) is 4.23. The molecule has 2 aromatic rings. The molecule has 0 amide bonds. The largest absolute Gasteiger partial charge is 0.489 e. The normalized spacial score (nSPS) is 10.3. The molecule has 0 unspecified atom stereocenters. The van der Waals surface area contributed by atoms with Crippen molar-refractivity contribution in [3.63, 3.8) is 0 Å². The smallest absolute Gasteiger partial charge is 0.335 e. The van der Waals surface area contributed by atoms with E-state index in [2.05, 4.69) is 0 Å². The van der Waals surface area contributed by atoms with E-state index in [0.29, 0.717) is 11.6 Å². The van der Waals surface area contributed by atoms with Crippen molar-refractivity contribution in [3.8, 4) is 5.75 Å². The molecule has 0 heterocycles. The van der Waals surface area contributed by atoms with Crippen LogP contribution in [0.4, 0.5) is 0 Å². The van der Waals surface area contributed by atoms with Crippen molar-refractivity contribution < 1.29 is 14.6 Å². The van der Waals surface area contributed by atoms with E-state index in [1.54, 1.807) is 24.3 Å². The van der Waals surface area contributed by atoms with Crippen LogP contribution < -0.4 is 4.74 Å². The summed E-state index contributed by atoms with van der Waals surface area (Å²) in [6.45, 7) is 4.20. The fraction of sp³-hybridized carbons (Fsp3) is 0.188. The zero-order valence-corrected chi connectivity index (χ0v) is 12.1. The van der Waals surface area contributed by atoms with Crippen molar-refractivity contribution in [1.82, 2.24) is 0 Å². The van der Waals surface area contributed by atoms with E-state index >= 15 is 0 Å². The van der Waals surface area contributed by atoms with Gasteiger partial charge in [-0.25, -0.2) is 4.79 Å². The van der Waals surface area contributed by atoms with Gasteiger partial charge in [-0.2, -0.15) is 0 Å². The Morgan fingerprint density at radius 2 is 1.90 bits per heavy atom. The number of ether oxygens (including phenoxy) is 1. The molecule has 0 aliphatic carbocycles. The molecule has 20 heavy (non-hydrogen) atoms. The SMILES string of the molecule is Cc1cc(C(=O)O)ccc1COc1ccc(Cl)cc1C. The lowest BCUT2D eigenvalue weighted by atomic mass is 10.1. The average Bonchev–Trinajstić information content (AvgIpc) is 2.38. The first-order valence-electron chi connectivity index (χ1n) is 6.19. The zero-order chi connectivity index (χ0) is 14.7. The highest BCUT2D eigenvalue weighted by Gasteiger charge is 2.07. The molecule has 2 aromatic carbocycles. The van der Waals surface area contributed by atoms with Gasteiger partial charge in [0, 0.05) is 5.02 Å². The Hall–Kier alpha value is -2.00. The summed E-state index contributed by atoms with van der Waals surface area (Å²) < 4.78 is 5.75. The van der Waals surface area contributed by atoms with Crippen LogP contribution in [0.2, 0.25) is 5.02 Å². The summed E-state index contributed by atoms with van der Waals surface area (Å²) in [4.78, 5) is 10.9. The second-order valence-electron chi connectivity index (χ2n) is 4.64. The molecule has 0 aliphatic rings. The minimum absolute atomic E-state index is 0.286. The van der Waals surface area contributed by atoms with E-state index in [0.717, 1.165) is 22.4 Å². The molecule has 4 heteroatoms. The Labute approximate surface area is 122 Å². The molecule has 0 bridgehead atoms. The molecular weight excluding hydrogens is 276 g/mol. The van der Waals surface area contributed by atoms with Crippen molar-refractivity contribution >= 4 is 17.6 Å². The van der Waals surface area contributed by atoms with Gasteiger partial charge in [0.1, 0.15) is 12.4 Å². The summed E-state index contributed by atoms with van der Waals surface area (Å²) >= 11 is 5.90. The Bertz CT molecular complexity index is 650. The number of benzene rings is 2. The number of hydrogen-bond acceptors (Lipinski definition) is 2. The summed E-state index contributed by atoms with van der Waals surface area (Å²) in [7, 11) is 0. The maximum atomic E-state index is 10.9. The lowest BCUT2D eigenvalue weighted by molar-refractivity contribution is 0.0696. The van der Waals surface area contributed by atoms with Gasteiger partial charge in [-0.15, -0.1) is 0 Å². The van der Waals surface area contributed by atoms with Gasteiger partial charge in [0.05, 0.1) is 5.56 Å². The fourth-order valence-corrected chi connectivity index (χ4v) is 2.15. The minimum Gasteiger partial charge on any atom is -0.489 e. The Kier molecular flexibility index (Phi) is 4.30. The molecule has 1 N–H and O–H groups in total. The van der Waals surface area contributed by atoms with Crippen molar-refractivity contribution in [2.24, 2.45) is 0 Å². The van der Waals surface area contributed by atoms with E-state index in [9.17, 15) is 4.79 Å². The van der Waals surface area contributed by atoms with E-state index in [1.165, 1.54) is 0 Å². The van der Waals surface area contributed by atoms with Gasteiger partial charge in [0.25, 0.3) is 0 Å². The lowest BCUT2D eigenvalue weighted by Gasteiger charge is -2.11. The highest BCUT2D eigenvalue weighted by atomic mass is 35.5. The van der Waals surface area contributed by atoms with Crippen LogP contribution in [0.5, 0.6) is 5.75 Å². The fourth-order valence-electron chi connectivity index (χ4n) is 1.92. The second-order valence-corrected chi connectivity index (χ2v) is 5.08. The molecule has 0 saturated carbocycles. The van der Waals surface area contributed by atoms with Crippen LogP contribution in [0, 0.1) is 13.8 Å². The molecule has 3 nitrogen and oxygen atoms in total. The highest BCUT2D eigenvalue weighted by Crippen LogP contribution is 2.23. The Balaban J connectivity index is 2.13. The number of carboxylic acids is 1. The van der Waals surface area contributed by atoms with E-state index < -0.39 is 5.97 Å². The van der Waals surface area contributed by atoms with Crippen LogP contribution in [-0.4, -0.2) is 11.1 Å². The molecule has 0 spiro atoms. The highest BCUT2D eigenvalue weighted by molar-refractivity contribution is 6.30. The van der Waals surface area contributed by atoms with Crippen LogP contribution in [-0.2, 0) is 6.61 Å². The van der Waals surface area contributed by atoms with Crippen molar-refractivity contribution in [2.75, 3.05) is 0 Å². The first-order chi connectivity index (χ1) is 9.47. The predicted molar refractivity (Wildman–Crippen MR) is 78.7 cm³/mol. The van der Waals surface area contributed by atoms with Crippen LogP contribution >= 0.6 is 11.6 Å². The molecule has 0 saturated heterocycles. The Morgan fingerprint density at radius 1 is 1.15 bits per heavy atom. The van der Waals surface area contributed by atoms with Crippen LogP contribution in [0.15, 0.2) is 36.4 Å². The van der Waals surface area contributed by atoms with Crippen LogP contribution in [0.3, 0.4) is 0 Å². The van der Waals surface area contributed by atoms with E-state index in [1.807, 2.05) is 26.0 Å².